The van der Waals surface area contributed by atoms with Gasteiger partial charge in [0.2, 0.25) is 0 Å². The Hall–Kier alpha value is -4.10. The maximum absolute atomic E-state index is 10.9. The molecule has 150 valence electrons. The van der Waals surface area contributed by atoms with Crippen molar-refractivity contribution in [2.24, 2.45) is 0 Å². The SMILES string of the molecule is Oc1c(C=Cc2ccccc2)cc(C=Cc2ccccc2)cc1C=Cc1ccccc1. The number of benzene rings is 4. The van der Waals surface area contributed by atoms with Gasteiger partial charge >= 0.3 is 0 Å². The van der Waals surface area contributed by atoms with Crippen LogP contribution < -0.4 is 0 Å². The molecule has 0 radical (unpaired) electrons. The summed E-state index contributed by atoms with van der Waals surface area (Å²) in [6, 6.07) is 34.4. The fourth-order valence-electron chi connectivity index (χ4n) is 3.31. The number of phenols is 1. The Bertz CT molecular complexity index is 1130. The topological polar surface area (TPSA) is 20.2 Å². The van der Waals surface area contributed by atoms with Crippen LogP contribution in [0.3, 0.4) is 0 Å². The van der Waals surface area contributed by atoms with Gasteiger partial charge in [0.1, 0.15) is 5.75 Å². The van der Waals surface area contributed by atoms with Gasteiger partial charge in [-0.3, -0.25) is 0 Å². The molecule has 0 spiro atoms. The lowest BCUT2D eigenvalue weighted by atomic mass is 10.0. The largest absolute Gasteiger partial charge is 0.507 e. The van der Waals surface area contributed by atoms with Crippen molar-refractivity contribution in [3.63, 3.8) is 0 Å². The van der Waals surface area contributed by atoms with Gasteiger partial charge in [0.25, 0.3) is 0 Å². The third kappa shape index (κ3) is 5.71. The molecule has 1 heteroatoms. The van der Waals surface area contributed by atoms with E-state index in [1.165, 1.54) is 0 Å². The number of hydrogen-bond acceptors (Lipinski definition) is 1. The van der Waals surface area contributed by atoms with Gasteiger partial charge < -0.3 is 5.11 Å². The van der Waals surface area contributed by atoms with Crippen LogP contribution in [-0.4, -0.2) is 5.11 Å². The van der Waals surface area contributed by atoms with Gasteiger partial charge in [0.15, 0.2) is 0 Å². The summed E-state index contributed by atoms with van der Waals surface area (Å²) in [6.07, 6.45) is 12.1. The lowest BCUT2D eigenvalue weighted by Crippen LogP contribution is -1.85. The predicted octanol–water partition coefficient (Wildman–Crippen LogP) is 7.90. The van der Waals surface area contributed by atoms with E-state index in [1.807, 2.05) is 115 Å². The van der Waals surface area contributed by atoms with Gasteiger partial charge in [-0.25, -0.2) is 0 Å². The third-order valence-electron chi connectivity index (χ3n) is 4.97. The molecule has 4 aromatic rings. The van der Waals surface area contributed by atoms with E-state index in [4.69, 9.17) is 0 Å². The van der Waals surface area contributed by atoms with E-state index in [-0.39, 0.29) is 5.75 Å². The molecule has 1 N–H and O–H groups in total. The fourth-order valence-corrected chi connectivity index (χ4v) is 3.31. The number of phenolic OH excluding ortho intramolecular Hbond substituents is 1. The molecule has 31 heavy (non-hydrogen) atoms. The standard InChI is InChI=1S/C30H24O/c31-30-28(20-18-25-12-6-2-7-13-25)22-27(17-16-24-10-4-1-5-11-24)23-29(30)21-19-26-14-8-3-9-15-26/h1-23,31H. The van der Waals surface area contributed by atoms with Crippen LogP contribution in [0.25, 0.3) is 36.5 Å². The van der Waals surface area contributed by atoms with Crippen LogP contribution in [0, 0.1) is 0 Å². The Morgan fingerprint density at radius 2 is 0.710 bits per heavy atom. The Morgan fingerprint density at radius 3 is 1.10 bits per heavy atom. The molecule has 4 aromatic carbocycles. The molecule has 0 aliphatic heterocycles. The first-order chi connectivity index (χ1) is 15.3. The van der Waals surface area contributed by atoms with Crippen molar-refractivity contribution in [1.82, 2.24) is 0 Å². The molecule has 0 aromatic heterocycles. The highest BCUT2D eigenvalue weighted by molar-refractivity contribution is 5.82. The summed E-state index contributed by atoms with van der Waals surface area (Å²) in [6.45, 7) is 0. The molecule has 0 bridgehead atoms. The van der Waals surface area contributed by atoms with Gasteiger partial charge in [0, 0.05) is 11.1 Å². The van der Waals surface area contributed by atoms with Crippen molar-refractivity contribution in [1.29, 1.82) is 0 Å². The molecule has 0 aliphatic rings. The van der Waals surface area contributed by atoms with Crippen LogP contribution >= 0.6 is 0 Å². The maximum atomic E-state index is 10.9. The molecular formula is C30H24O. The lowest BCUT2D eigenvalue weighted by Gasteiger charge is -2.07. The number of rotatable bonds is 6. The van der Waals surface area contributed by atoms with Gasteiger partial charge in [-0.15, -0.1) is 0 Å². The normalized spacial score (nSPS) is 11.6. The van der Waals surface area contributed by atoms with E-state index in [0.717, 1.165) is 33.4 Å². The van der Waals surface area contributed by atoms with E-state index in [1.54, 1.807) is 0 Å². The summed E-state index contributed by atoms with van der Waals surface area (Å²) in [7, 11) is 0. The van der Waals surface area contributed by atoms with Crippen molar-refractivity contribution in [2.75, 3.05) is 0 Å². The molecular weight excluding hydrogens is 376 g/mol. The van der Waals surface area contributed by atoms with Crippen LogP contribution in [0.1, 0.15) is 33.4 Å². The summed E-state index contributed by atoms with van der Waals surface area (Å²) in [5, 5.41) is 10.9. The average molecular weight is 401 g/mol. The Balaban J connectivity index is 1.71. The first-order valence-corrected chi connectivity index (χ1v) is 10.3. The minimum absolute atomic E-state index is 0.274. The molecule has 1 nitrogen and oxygen atoms in total. The summed E-state index contributed by atoms with van der Waals surface area (Å²) in [5.74, 6) is 0.274. The van der Waals surface area contributed by atoms with Crippen molar-refractivity contribution < 1.29 is 5.11 Å². The van der Waals surface area contributed by atoms with Crippen LogP contribution in [0.4, 0.5) is 0 Å². The van der Waals surface area contributed by atoms with Crippen LogP contribution in [0.15, 0.2) is 103 Å². The molecule has 0 saturated carbocycles. The molecule has 4 rings (SSSR count). The average Bonchev–Trinajstić information content (AvgIpc) is 2.83. The molecule has 0 amide bonds. The van der Waals surface area contributed by atoms with Gasteiger partial charge in [-0.1, -0.05) is 127 Å². The third-order valence-corrected chi connectivity index (χ3v) is 4.97. The Labute approximate surface area is 184 Å². The van der Waals surface area contributed by atoms with E-state index >= 15 is 0 Å². The number of aromatic hydroxyl groups is 1. The smallest absolute Gasteiger partial charge is 0.130 e. The zero-order chi connectivity index (χ0) is 21.3. The minimum Gasteiger partial charge on any atom is -0.507 e. The van der Waals surface area contributed by atoms with E-state index in [9.17, 15) is 5.11 Å². The Kier molecular flexibility index (Phi) is 6.57. The second kappa shape index (κ2) is 10.1. The quantitative estimate of drug-likeness (QED) is 0.326. The first kappa shape index (κ1) is 20.2. The zero-order valence-electron chi connectivity index (χ0n) is 17.2. The van der Waals surface area contributed by atoms with Gasteiger partial charge in [-0.2, -0.15) is 0 Å². The summed E-state index contributed by atoms with van der Waals surface area (Å²) >= 11 is 0. The zero-order valence-corrected chi connectivity index (χ0v) is 17.2. The Morgan fingerprint density at radius 1 is 0.387 bits per heavy atom. The van der Waals surface area contributed by atoms with Gasteiger partial charge in [-0.05, 0) is 34.4 Å². The molecule has 0 saturated heterocycles. The fraction of sp³-hybridized carbons (Fsp3) is 0. The second-order valence-electron chi connectivity index (χ2n) is 7.28. The van der Waals surface area contributed by atoms with E-state index in [0.29, 0.717) is 0 Å². The second-order valence-corrected chi connectivity index (χ2v) is 7.28. The highest BCUT2D eigenvalue weighted by atomic mass is 16.3. The summed E-state index contributed by atoms with van der Waals surface area (Å²) in [4.78, 5) is 0. The van der Waals surface area contributed by atoms with E-state index < -0.39 is 0 Å². The lowest BCUT2D eigenvalue weighted by molar-refractivity contribution is 0.473. The highest BCUT2D eigenvalue weighted by Gasteiger charge is 2.06. The van der Waals surface area contributed by atoms with Crippen molar-refractivity contribution in [2.45, 2.75) is 0 Å². The van der Waals surface area contributed by atoms with Gasteiger partial charge in [0.05, 0.1) is 0 Å². The molecule has 0 atom stereocenters. The predicted molar refractivity (Wildman–Crippen MR) is 134 cm³/mol. The van der Waals surface area contributed by atoms with E-state index in [2.05, 4.69) is 24.3 Å². The summed E-state index contributed by atoms with van der Waals surface area (Å²) in [5.41, 5.74) is 5.92. The van der Waals surface area contributed by atoms with Crippen LogP contribution in [-0.2, 0) is 0 Å². The molecule has 0 unspecified atom stereocenters. The van der Waals surface area contributed by atoms with Crippen molar-refractivity contribution in [3.8, 4) is 5.75 Å². The van der Waals surface area contributed by atoms with Crippen LogP contribution in [0.2, 0.25) is 0 Å². The molecule has 0 heterocycles. The van der Waals surface area contributed by atoms with Crippen molar-refractivity contribution in [3.05, 3.63) is 137 Å². The molecule has 0 fully saturated rings. The van der Waals surface area contributed by atoms with Crippen LogP contribution in [0.5, 0.6) is 5.75 Å². The molecule has 0 aliphatic carbocycles. The summed E-state index contributed by atoms with van der Waals surface area (Å²) < 4.78 is 0. The minimum atomic E-state index is 0.274. The maximum Gasteiger partial charge on any atom is 0.130 e. The highest BCUT2D eigenvalue weighted by Crippen LogP contribution is 2.29. The first-order valence-electron chi connectivity index (χ1n) is 10.3. The van der Waals surface area contributed by atoms with Crippen molar-refractivity contribution >= 4 is 36.5 Å². The number of hydrogen-bond donors (Lipinski definition) is 1. The monoisotopic (exact) mass is 400 g/mol.